The summed E-state index contributed by atoms with van der Waals surface area (Å²) in [7, 11) is 0. The molecule has 1 aromatic rings. The lowest BCUT2D eigenvalue weighted by molar-refractivity contribution is -0.384. The quantitative estimate of drug-likeness (QED) is 0.550. The molecule has 0 radical (unpaired) electrons. The third kappa shape index (κ3) is 3.18. The van der Waals surface area contributed by atoms with Crippen LogP contribution >= 0.6 is 15.9 Å². The zero-order valence-corrected chi connectivity index (χ0v) is 11.5. The number of hydrogen-bond acceptors (Lipinski definition) is 5. The second kappa shape index (κ2) is 6.12. The van der Waals surface area contributed by atoms with Crippen molar-refractivity contribution in [2.45, 2.75) is 18.9 Å². The first kappa shape index (κ1) is 14.9. The fourth-order valence-electron chi connectivity index (χ4n) is 1.49. The van der Waals surface area contributed by atoms with Crippen molar-refractivity contribution in [1.29, 1.82) is 0 Å². The summed E-state index contributed by atoms with van der Waals surface area (Å²) in [4.78, 5) is 10.4. The third-order valence-corrected chi connectivity index (χ3v) is 3.33. The maximum absolute atomic E-state index is 10.9. The summed E-state index contributed by atoms with van der Waals surface area (Å²) in [5, 5.41) is 32.4. The van der Waals surface area contributed by atoms with Gasteiger partial charge in [-0.15, -0.1) is 0 Å². The number of rotatable bonds is 6. The largest absolute Gasteiger partial charge is 0.394 e. The van der Waals surface area contributed by atoms with E-state index in [0.29, 0.717) is 10.9 Å². The maximum Gasteiger partial charge on any atom is 0.292 e. The third-order valence-electron chi connectivity index (χ3n) is 2.84. The lowest BCUT2D eigenvalue weighted by atomic mass is 9.98. The van der Waals surface area contributed by atoms with Gasteiger partial charge in [-0.25, -0.2) is 0 Å². The molecule has 0 fully saturated rings. The summed E-state index contributed by atoms with van der Waals surface area (Å²) in [5.41, 5.74) is -0.803. The van der Waals surface area contributed by atoms with Gasteiger partial charge in [-0.05, 0) is 18.6 Å². The SMILES string of the molecule is CCC(CO)(CO)Nc1cc(Br)ccc1[N+](=O)[O-]. The van der Waals surface area contributed by atoms with E-state index in [0.717, 1.165) is 0 Å². The minimum absolute atomic E-state index is 0.0991. The Labute approximate surface area is 113 Å². The molecule has 0 amide bonds. The number of nitrogens with one attached hydrogen (secondary N) is 1. The highest BCUT2D eigenvalue weighted by atomic mass is 79.9. The number of benzene rings is 1. The van der Waals surface area contributed by atoms with Crippen LogP contribution in [0.5, 0.6) is 0 Å². The summed E-state index contributed by atoms with van der Waals surface area (Å²) < 4.78 is 0.677. The van der Waals surface area contributed by atoms with Gasteiger partial charge >= 0.3 is 0 Å². The molecule has 0 bridgehead atoms. The highest BCUT2D eigenvalue weighted by Crippen LogP contribution is 2.30. The molecule has 0 saturated heterocycles. The number of halogens is 1. The highest BCUT2D eigenvalue weighted by molar-refractivity contribution is 9.10. The van der Waals surface area contributed by atoms with Crippen LogP contribution in [0.3, 0.4) is 0 Å². The minimum Gasteiger partial charge on any atom is -0.394 e. The van der Waals surface area contributed by atoms with Gasteiger partial charge < -0.3 is 15.5 Å². The molecule has 0 spiro atoms. The van der Waals surface area contributed by atoms with Crippen molar-refractivity contribution in [2.75, 3.05) is 18.5 Å². The Hall–Kier alpha value is -1.18. The van der Waals surface area contributed by atoms with Crippen molar-refractivity contribution in [1.82, 2.24) is 0 Å². The van der Waals surface area contributed by atoms with Gasteiger partial charge in [0.05, 0.1) is 23.7 Å². The number of aliphatic hydroxyl groups excluding tert-OH is 2. The van der Waals surface area contributed by atoms with Crippen molar-refractivity contribution in [3.05, 3.63) is 32.8 Å². The van der Waals surface area contributed by atoms with Crippen molar-refractivity contribution in [3.63, 3.8) is 0 Å². The van der Waals surface area contributed by atoms with Gasteiger partial charge in [-0.2, -0.15) is 0 Å². The molecule has 1 rings (SSSR count). The number of aliphatic hydroxyl groups is 2. The smallest absolute Gasteiger partial charge is 0.292 e. The Morgan fingerprint density at radius 1 is 1.44 bits per heavy atom. The predicted molar refractivity (Wildman–Crippen MR) is 71.6 cm³/mol. The van der Waals surface area contributed by atoms with E-state index in [1.807, 2.05) is 0 Å². The van der Waals surface area contributed by atoms with E-state index in [2.05, 4.69) is 21.2 Å². The zero-order chi connectivity index (χ0) is 13.8. The molecule has 0 saturated carbocycles. The number of nitro groups is 1. The Kier molecular flexibility index (Phi) is 5.06. The van der Waals surface area contributed by atoms with E-state index in [9.17, 15) is 20.3 Å². The first-order valence-corrected chi connectivity index (χ1v) is 6.21. The van der Waals surface area contributed by atoms with Crippen LogP contribution in [0.15, 0.2) is 22.7 Å². The second-order valence-electron chi connectivity index (χ2n) is 3.99. The van der Waals surface area contributed by atoms with Crippen LogP contribution < -0.4 is 5.32 Å². The first-order chi connectivity index (χ1) is 8.48. The van der Waals surface area contributed by atoms with E-state index in [1.165, 1.54) is 6.07 Å². The molecule has 100 valence electrons. The maximum atomic E-state index is 10.9. The van der Waals surface area contributed by atoms with E-state index >= 15 is 0 Å². The molecule has 7 heteroatoms. The number of nitrogens with zero attached hydrogens (tertiary/aromatic N) is 1. The van der Waals surface area contributed by atoms with Gasteiger partial charge in [-0.1, -0.05) is 22.9 Å². The van der Waals surface area contributed by atoms with Gasteiger partial charge in [0, 0.05) is 10.5 Å². The fraction of sp³-hybridized carbons (Fsp3) is 0.455. The Bertz CT molecular complexity index is 427. The molecule has 0 atom stereocenters. The van der Waals surface area contributed by atoms with Gasteiger partial charge in [0.1, 0.15) is 5.69 Å². The molecule has 3 N–H and O–H groups in total. The van der Waals surface area contributed by atoms with Gasteiger partial charge in [0.15, 0.2) is 0 Å². The molecule has 0 aromatic heterocycles. The van der Waals surface area contributed by atoms with Crippen LogP contribution in [0.2, 0.25) is 0 Å². The van der Waals surface area contributed by atoms with Gasteiger partial charge in [0.25, 0.3) is 5.69 Å². The lowest BCUT2D eigenvalue weighted by Gasteiger charge is -2.30. The summed E-state index contributed by atoms with van der Waals surface area (Å²) >= 11 is 3.23. The summed E-state index contributed by atoms with van der Waals surface area (Å²) in [6.45, 7) is 1.15. The normalized spacial score (nSPS) is 11.3. The van der Waals surface area contributed by atoms with Crippen LogP contribution in [-0.4, -0.2) is 33.9 Å². The summed E-state index contributed by atoms with van der Waals surface area (Å²) in [6, 6.07) is 4.48. The Balaban J connectivity index is 3.16. The van der Waals surface area contributed by atoms with Crippen molar-refractivity contribution < 1.29 is 15.1 Å². The van der Waals surface area contributed by atoms with E-state index in [4.69, 9.17) is 0 Å². The number of nitro benzene ring substituents is 1. The average molecular weight is 319 g/mol. The number of hydrogen-bond donors (Lipinski definition) is 3. The molecular weight excluding hydrogens is 304 g/mol. The molecule has 0 aliphatic carbocycles. The standard InChI is InChI=1S/C11H15BrN2O4/c1-2-11(6-15,7-16)13-9-5-8(12)3-4-10(9)14(17)18/h3-5,13,15-16H,2,6-7H2,1H3. The average Bonchev–Trinajstić information content (AvgIpc) is 2.36. The molecule has 0 aliphatic rings. The molecule has 1 aromatic carbocycles. The van der Waals surface area contributed by atoms with Crippen molar-refractivity contribution >= 4 is 27.3 Å². The number of anilines is 1. The van der Waals surface area contributed by atoms with E-state index in [-0.39, 0.29) is 24.6 Å². The highest BCUT2D eigenvalue weighted by Gasteiger charge is 2.29. The Morgan fingerprint density at radius 2 is 2.06 bits per heavy atom. The fourth-order valence-corrected chi connectivity index (χ4v) is 1.86. The van der Waals surface area contributed by atoms with E-state index in [1.54, 1.807) is 19.1 Å². The van der Waals surface area contributed by atoms with Crippen LogP contribution in [-0.2, 0) is 0 Å². The molecule has 0 heterocycles. The van der Waals surface area contributed by atoms with Crippen molar-refractivity contribution in [2.24, 2.45) is 0 Å². The summed E-state index contributed by atoms with van der Waals surface area (Å²) in [5.74, 6) is 0. The second-order valence-corrected chi connectivity index (χ2v) is 4.91. The monoisotopic (exact) mass is 318 g/mol. The Morgan fingerprint density at radius 3 is 2.50 bits per heavy atom. The molecular formula is C11H15BrN2O4. The van der Waals surface area contributed by atoms with E-state index < -0.39 is 10.5 Å². The van der Waals surface area contributed by atoms with Crippen LogP contribution in [0, 0.1) is 10.1 Å². The van der Waals surface area contributed by atoms with Crippen LogP contribution in [0.4, 0.5) is 11.4 Å². The van der Waals surface area contributed by atoms with Crippen LogP contribution in [0.1, 0.15) is 13.3 Å². The first-order valence-electron chi connectivity index (χ1n) is 5.42. The van der Waals surface area contributed by atoms with Crippen LogP contribution in [0.25, 0.3) is 0 Å². The topological polar surface area (TPSA) is 95.6 Å². The van der Waals surface area contributed by atoms with Gasteiger partial charge in [-0.3, -0.25) is 10.1 Å². The summed E-state index contributed by atoms with van der Waals surface area (Å²) in [6.07, 6.45) is 0.434. The zero-order valence-electron chi connectivity index (χ0n) is 9.89. The molecule has 18 heavy (non-hydrogen) atoms. The molecule has 0 aliphatic heterocycles. The minimum atomic E-state index is -0.967. The van der Waals surface area contributed by atoms with Gasteiger partial charge in [0.2, 0.25) is 0 Å². The molecule has 6 nitrogen and oxygen atoms in total. The lowest BCUT2D eigenvalue weighted by Crippen LogP contribution is -2.45. The molecule has 0 unspecified atom stereocenters. The predicted octanol–water partition coefficient (Wildman–Crippen LogP) is 1.90. The van der Waals surface area contributed by atoms with Crippen molar-refractivity contribution in [3.8, 4) is 0 Å².